The molecule has 0 spiro atoms. The molecular formula is C25H38N2O7. The minimum Gasteiger partial charge on any atom is -0.487 e. The van der Waals surface area contributed by atoms with Crippen molar-refractivity contribution in [3.05, 3.63) is 33.9 Å². The lowest BCUT2D eigenvalue weighted by atomic mass is 9.93. The fourth-order valence-electron chi connectivity index (χ4n) is 4.42. The van der Waals surface area contributed by atoms with Gasteiger partial charge >= 0.3 is 11.7 Å². The van der Waals surface area contributed by atoms with Crippen molar-refractivity contribution in [2.75, 3.05) is 19.8 Å². The number of para-hydroxylation sites is 1. The number of esters is 1. The maximum atomic E-state index is 13.0. The molecule has 0 aromatic heterocycles. The summed E-state index contributed by atoms with van der Waals surface area (Å²) in [6, 6.07) is 4.89. The standard InChI is InChI=1S/C25H38N2O7/c1-19(28)22-13-9-14-23(25(22)27(31)32)34-18-10-15-24(30)26(21-11-5-3-6-12-21)16-7-4-8-17-33-20(2)29/h9,13-14,19,21,28H,3-8,10-12,15-18H2,1-2H3. The molecule has 1 aromatic rings. The SMILES string of the molecule is CC(=O)OCCCCCN(C(=O)CCCOc1cccc(C(C)O)c1[N+](=O)[O-])C1CCCCC1. The van der Waals surface area contributed by atoms with Crippen molar-refractivity contribution >= 4 is 17.6 Å². The van der Waals surface area contributed by atoms with Crippen LogP contribution in [0.5, 0.6) is 5.75 Å². The number of nitro benzene ring substituents is 1. The zero-order valence-corrected chi connectivity index (χ0v) is 20.4. The van der Waals surface area contributed by atoms with Crippen molar-refractivity contribution in [3.63, 3.8) is 0 Å². The number of aliphatic hydroxyl groups is 1. The van der Waals surface area contributed by atoms with E-state index in [1.54, 1.807) is 6.07 Å². The molecule has 9 heteroatoms. The van der Waals surface area contributed by atoms with Crippen molar-refractivity contribution in [3.8, 4) is 5.75 Å². The topological polar surface area (TPSA) is 119 Å². The van der Waals surface area contributed by atoms with Crippen LogP contribution in [-0.4, -0.2) is 52.6 Å². The van der Waals surface area contributed by atoms with Crippen molar-refractivity contribution in [2.45, 2.75) is 90.2 Å². The second kappa shape index (κ2) is 14.6. The second-order valence-electron chi connectivity index (χ2n) is 8.86. The van der Waals surface area contributed by atoms with Gasteiger partial charge in [-0.05, 0) is 57.6 Å². The Hall–Kier alpha value is -2.68. The highest BCUT2D eigenvalue weighted by atomic mass is 16.6. The lowest BCUT2D eigenvalue weighted by Crippen LogP contribution is -2.42. The summed E-state index contributed by atoms with van der Waals surface area (Å²) in [5.41, 5.74) is -0.0304. The molecule has 0 bridgehead atoms. The van der Waals surface area contributed by atoms with E-state index in [1.165, 1.54) is 32.4 Å². The Kier molecular flexibility index (Phi) is 11.8. The number of unbranched alkanes of at least 4 members (excludes halogenated alkanes) is 2. The minimum atomic E-state index is -0.983. The summed E-state index contributed by atoms with van der Waals surface area (Å²) in [6.45, 7) is 4.14. The number of nitrogens with zero attached hydrogens (tertiary/aromatic N) is 2. The van der Waals surface area contributed by atoms with Gasteiger partial charge in [-0.25, -0.2) is 0 Å². The van der Waals surface area contributed by atoms with Crippen LogP contribution in [0, 0.1) is 10.1 Å². The van der Waals surface area contributed by atoms with E-state index in [0.29, 0.717) is 26.0 Å². The maximum absolute atomic E-state index is 13.0. The summed E-state index contributed by atoms with van der Waals surface area (Å²) in [5, 5.41) is 21.3. The summed E-state index contributed by atoms with van der Waals surface area (Å²) < 4.78 is 10.6. The monoisotopic (exact) mass is 478 g/mol. The molecule has 1 fully saturated rings. The number of hydrogen-bond acceptors (Lipinski definition) is 7. The molecule has 1 aromatic carbocycles. The summed E-state index contributed by atoms with van der Waals surface area (Å²) in [4.78, 5) is 36.8. The number of carbonyl (C=O) groups is 2. The van der Waals surface area contributed by atoms with Gasteiger partial charge in [0.2, 0.25) is 5.91 Å². The molecule has 1 aliphatic carbocycles. The first kappa shape index (κ1) is 27.6. The lowest BCUT2D eigenvalue weighted by Gasteiger charge is -2.34. The molecular weight excluding hydrogens is 440 g/mol. The van der Waals surface area contributed by atoms with E-state index < -0.39 is 11.0 Å². The zero-order valence-electron chi connectivity index (χ0n) is 20.4. The molecule has 9 nitrogen and oxygen atoms in total. The predicted octanol–water partition coefficient (Wildman–Crippen LogP) is 4.70. The minimum absolute atomic E-state index is 0.0858. The third-order valence-corrected chi connectivity index (χ3v) is 6.14. The van der Waals surface area contributed by atoms with Crippen molar-refractivity contribution in [2.24, 2.45) is 0 Å². The smallest absolute Gasteiger partial charge is 0.316 e. The number of amides is 1. The molecule has 0 aliphatic heterocycles. The van der Waals surface area contributed by atoms with E-state index in [0.717, 1.165) is 44.9 Å². The highest BCUT2D eigenvalue weighted by molar-refractivity contribution is 5.76. The van der Waals surface area contributed by atoms with Gasteiger partial charge in [0.25, 0.3) is 0 Å². The Morgan fingerprint density at radius 1 is 1.15 bits per heavy atom. The number of benzene rings is 1. The third kappa shape index (κ3) is 8.93. The Morgan fingerprint density at radius 3 is 2.53 bits per heavy atom. The number of ether oxygens (including phenoxy) is 2. The summed E-state index contributed by atoms with van der Waals surface area (Å²) in [5.74, 6) is -0.0837. The second-order valence-corrected chi connectivity index (χ2v) is 8.86. The van der Waals surface area contributed by atoms with Gasteiger partial charge in [0.05, 0.1) is 29.8 Å². The van der Waals surface area contributed by atoms with E-state index in [2.05, 4.69) is 0 Å². The fraction of sp³-hybridized carbons (Fsp3) is 0.680. The van der Waals surface area contributed by atoms with Gasteiger partial charge in [-0.3, -0.25) is 19.7 Å². The van der Waals surface area contributed by atoms with Crippen molar-refractivity contribution in [1.82, 2.24) is 4.90 Å². The van der Waals surface area contributed by atoms with Gasteiger partial charge in [-0.2, -0.15) is 0 Å². The lowest BCUT2D eigenvalue weighted by molar-refractivity contribution is -0.387. The van der Waals surface area contributed by atoms with Crippen LogP contribution in [0.25, 0.3) is 0 Å². The zero-order chi connectivity index (χ0) is 24.9. The van der Waals surface area contributed by atoms with E-state index in [1.807, 2.05) is 4.90 Å². The molecule has 2 rings (SSSR count). The van der Waals surface area contributed by atoms with E-state index in [4.69, 9.17) is 9.47 Å². The molecule has 1 aliphatic rings. The van der Waals surface area contributed by atoms with Crippen LogP contribution in [-0.2, 0) is 14.3 Å². The molecule has 1 amide bonds. The van der Waals surface area contributed by atoms with Gasteiger partial charge in [0, 0.05) is 25.9 Å². The normalized spacial score (nSPS) is 14.9. The van der Waals surface area contributed by atoms with Crippen LogP contribution in [0.4, 0.5) is 5.69 Å². The first-order chi connectivity index (χ1) is 16.3. The molecule has 0 saturated heterocycles. The van der Waals surface area contributed by atoms with Gasteiger partial charge in [0.15, 0.2) is 5.75 Å². The molecule has 1 atom stereocenters. The largest absolute Gasteiger partial charge is 0.487 e. The molecule has 1 saturated carbocycles. The highest BCUT2D eigenvalue weighted by Crippen LogP contribution is 2.34. The van der Waals surface area contributed by atoms with Crippen molar-refractivity contribution < 1.29 is 29.1 Å². The van der Waals surface area contributed by atoms with Crippen molar-refractivity contribution in [1.29, 1.82) is 0 Å². The quantitative estimate of drug-likeness (QED) is 0.178. The van der Waals surface area contributed by atoms with Crippen LogP contribution in [0.15, 0.2) is 18.2 Å². The van der Waals surface area contributed by atoms with Gasteiger partial charge in [-0.1, -0.05) is 25.3 Å². The van der Waals surface area contributed by atoms with E-state index in [9.17, 15) is 24.8 Å². The number of rotatable bonds is 14. The molecule has 0 heterocycles. The number of carbonyl (C=O) groups excluding carboxylic acids is 2. The summed E-state index contributed by atoms with van der Waals surface area (Å²) in [6.07, 6.45) is 7.82. The Bertz CT molecular complexity index is 806. The van der Waals surface area contributed by atoms with Gasteiger partial charge in [0.1, 0.15) is 0 Å². The first-order valence-electron chi connectivity index (χ1n) is 12.3. The van der Waals surface area contributed by atoms with Crippen LogP contribution >= 0.6 is 0 Å². The third-order valence-electron chi connectivity index (χ3n) is 6.14. The molecule has 190 valence electrons. The molecule has 1 N–H and O–H groups in total. The van der Waals surface area contributed by atoms with E-state index in [-0.39, 0.29) is 41.5 Å². The molecule has 34 heavy (non-hydrogen) atoms. The van der Waals surface area contributed by atoms with Crippen LogP contribution < -0.4 is 4.74 Å². The Balaban J connectivity index is 1.87. The van der Waals surface area contributed by atoms with Gasteiger partial charge < -0.3 is 19.5 Å². The molecule has 1 unspecified atom stereocenters. The van der Waals surface area contributed by atoms with Gasteiger partial charge in [-0.15, -0.1) is 0 Å². The fourth-order valence-corrected chi connectivity index (χ4v) is 4.42. The summed E-state index contributed by atoms with van der Waals surface area (Å²) in [7, 11) is 0. The van der Waals surface area contributed by atoms with Crippen LogP contribution in [0.2, 0.25) is 0 Å². The first-order valence-corrected chi connectivity index (χ1v) is 12.3. The predicted molar refractivity (Wildman–Crippen MR) is 128 cm³/mol. The maximum Gasteiger partial charge on any atom is 0.316 e. The summed E-state index contributed by atoms with van der Waals surface area (Å²) >= 11 is 0. The number of hydrogen-bond donors (Lipinski definition) is 1. The average Bonchev–Trinajstić information content (AvgIpc) is 2.81. The average molecular weight is 479 g/mol. The molecule has 0 radical (unpaired) electrons. The van der Waals surface area contributed by atoms with Crippen LogP contribution in [0.1, 0.15) is 89.7 Å². The highest BCUT2D eigenvalue weighted by Gasteiger charge is 2.26. The van der Waals surface area contributed by atoms with Crippen LogP contribution in [0.3, 0.4) is 0 Å². The Morgan fingerprint density at radius 2 is 1.88 bits per heavy atom. The van der Waals surface area contributed by atoms with E-state index >= 15 is 0 Å². The Labute approximate surface area is 201 Å². The number of nitro groups is 1. The number of aliphatic hydroxyl groups excluding tert-OH is 1.